The summed E-state index contributed by atoms with van der Waals surface area (Å²) in [6.45, 7) is 5.78. The number of nitrogens with zero attached hydrogens (tertiary/aromatic N) is 1. The summed E-state index contributed by atoms with van der Waals surface area (Å²) in [6.07, 6.45) is 0. The van der Waals surface area contributed by atoms with E-state index >= 15 is 0 Å². The van der Waals surface area contributed by atoms with Crippen LogP contribution in [-0.4, -0.2) is 24.4 Å². The molecule has 0 aromatic heterocycles. The van der Waals surface area contributed by atoms with E-state index in [9.17, 15) is 9.59 Å². The molecule has 0 aliphatic carbocycles. The summed E-state index contributed by atoms with van der Waals surface area (Å²) in [4.78, 5) is 25.8. The summed E-state index contributed by atoms with van der Waals surface area (Å²) in [6, 6.07) is 6.51. The number of hydrogen-bond donors (Lipinski definition) is 1. The first kappa shape index (κ1) is 13.9. The van der Waals surface area contributed by atoms with Gasteiger partial charge < -0.3 is 5.32 Å². The Labute approximate surface area is 117 Å². The van der Waals surface area contributed by atoms with E-state index in [0.29, 0.717) is 10.7 Å². The Morgan fingerprint density at radius 3 is 2.47 bits per heavy atom. The lowest BCUT2D eigenvalue weighted by molar-refractivity contribution is -0.133. The first-order chi connectivity index (χ1) is 8.80. The van der Waals surface area contributed by atoms with Crippen molar-refractivity contribution >= 4 is 29.1 Å². The summed E-state index contributed by atoms with van der Waals surface area (Å²) < 4.78 is 0. The molecule has 0 radical (unpaired) electrons. The molecule has 102 valence electrons. The lowest BCUT2D eigenvalue weighted by Gasteiger charge is -2.39. The van der Waals surface area contributed by atoms with Gasteiger partial charge in [0.05, 0.1) is 10.7 Å². The van der Waals surface area contributed by atoms with Crippen LogP contribution in [0.4, 0.5) is 5.69 Å². The third kappa shape index (κ3) is 2.73. The van der Waals surface area contributed by atoms with Crippen molar-refractivity contribution < 1.29 is 9.59 Å². The number of carbonyl (C=O) groups excluding carboxylic acids is 2. The Kier molecular flexibility index (Phi) is 3.54. The minimum Gasteiger partial charge on any atom is -0.342 e. The van der Waals surface area contributed by atoms with Crippen molar-refractivity contribution in [3.05, 3.63) is 29.3 Å². The zero-order chi connectivity index (χ0) is 14.2. The van der Waals surface area contributed by atoms with Crippen LogP contribution in [0, 0.1) is 5.41 Å². The topological polar surface area (TPSA) is 49.4 Å². The van der Waals surface area contributed by atoms with Crippen LogP contribution < -0.4 is 10.2 Å². The molecule has 1 aromatic carbocycles. The minimum atomic E-state index is -0.537. The summed E-state index contributed by atoms with van der Waals surface area (Å²) >= 11 is 6.11. The monoisotopic (exact) mass is 280 g/mol. The number of piperazine rings is 1. The second-order valence-corrected chi connectivity index (χ2v) is 6.15. The fraction of sp³-hybridized carbons (Fsp3) is 0.429. The van der Waals surface area contributed by atoms with Crippen molar-refractivity contribution in [2.75, 3.05) is 11.4 Å². The lowest BCUT2D eigenvalue weighted by atomic mass is 9.84. The molecular weight excluding hydrogens is 264 g/mol. The maximum Gasteiger partial charge on any atom is 0.250 e. The van der Waals surface area contributed by atoms with Gasteiger partial charge in [-0.05, 0) is 17.5 Å². The quantitative estimate of drug-likeness (QED) is 0.857. The van der Waals surface area contributed by atoms with Crippen molar-refractivity contribution in [2.24, 2.45) is 5.41 Å². The van der Waals surface area contributed by atoms with Gasteiger partial charge in [0, 0.05) is 0 Å². The van der Waals surface area contributed by atoms with Crippen molar-refractivity contribution in [2.45, 2.75) is 26.8 Å². The van der Waals surface area contributed by atoms with Crippen LogP contribution in [0.3, 0.4) is 0 Å². The summed E-state index contributed by atoms with van der Waals surface area (Å²) in [5, 5.41) is 3.22. The Hall–Kier alpha value is -1.55. The van der Waals surface area contributed by atoms with E-state index in [0.717, 1.165) is 0 Å². The normalized spacial score (nSPS) is 20.4. The highest BCUT2D eigenvalue weighted by Crippen LogP contribution is 2.30. The molecule has 1 unspecified atom stereocenters. The SMILES string of the molecule is CC(C)(C)C1NC(=O)CN(c2ccccc2Cl)C1=O. The third-order valence-electron chi connectivity index (χ3n) is 3.13. The lowest BCUT2D eigenvalue weighted by Crippen LogP contribution is -2.62. The summed E-state index contributed by atoms with van der Waals surface area (Å²) in [7, 11) is 0. The van der Waals surface area contributed by atoms with Crippen LogP contribution >= 0.6 is 11.6 Å². The molecule has 5 heteroatoms. The Morgan fingerprint density at radius 2 is 1.89 bits per heavy atom. The number of nitrogens with one attached hydrogen (secondary N) is 1. The predicted molar refractivity (Wildman–Crippen MR) is 75.2 cm³/mol. The average molecular weight is 281 g/mol. The Balaban J connectivity index is 2.39. The van der Waals surface area contributed by atoms with Crippen molar-refractivity contribution in [3.63, 3.8) is 0 Å². The number of rotatable bonds is 1. The molecule has 1 aromatic rings. The second kappa shape index (κ2) is 4.85. The number of para-hydroxylation sites is 1. The Bertz CT molecular complexity index is 522. The smallest absolute Gasteiger partial charge is 0.250 e. The van der Waals surface area contributed by atoms with Crippen molar-refractivity contribution in [3.8, 4) is 0 Å². The fourth-order valence-electron chi connectivity index (χ4n) is 2.11. The number of hydrogen-bond acceptors (Lipinski definition) is 2. The second-order valence-electron chi connectivity index (χ2n) is 5.74. The first-order valence-electron chi connectivity index (χ1n) is 6.16. The van der Waals surface area contributed by atoms with Crippen LogP contribution in [0.25, 0.3) is 0 Å². The van der Waals surface area contributed by atoms with Crippen LogP contribution in [0.1, 0.15) is 20.8 Å². The Morgan fingerprint density at radius 1 is 1.26 bits per heavy atom. The van der Waals surface area contributed by atoms with E-state index in [4.69, 9.17) is 11.6 Å². The van der Waals surface area contributed by atoms with Crippen LogP contribution in [0.2, 0.25) is 5.02 Å². The van der Waals surface area contributed by atoms with Crippen LogP contribution in [0.15, 0.2) is 24.3 Å². The minimum absolute atomic E-state index is 0.00907. The van der Waals surface area contributed by atoms with Gasteiger partial charge >= 0.3 is 0 Å². The molecule has 1 aliphatic rings. The molecule has 2 rings (SSSR count). The van der Waals surface area contributed by atoms with Gasteiger partial charge in [-0.3, -0.25) is 14.5 Å². The van der Waals surface area contributed by atoms with Gasteiger partial charge in [0.15, 0.2) is 0 Å². The van der Waals surface area contributed by atoms with E-state index in [-0.39, 0.29) is 23.8 Å². The van der Waals surface area contributed by atoms with E-state index in [1.165, 1.54) is 4.90 Å². The van der Waals surface area contributed by atoms with Gasteiger partial charge in [0.2, 0.25) is 5.91 Å². The highest BCUT2D eigenvalue weighted by atomic mass is 35.5. The molecule has 1 aliphatic heterocycles. The van der Waals surface area contributed by atoms with E-state index < -0.39 is 6.04 Å². The summed E-state index contributed by atoms with van der Waals surface area (Å²) in [5.41, 5.74) is 0.241. The largest absolute Gasteiger partial charge is 0.342 e. The number of anilines is 1. The molecule has 1 heterocycles. The molecule has 0 spiro atoms. The van der Waals surface area contributed by atoms with E-state index in [1.54, 1.807) is 24.3 Å². The molecule has 1 N–H and O–H groups in total. The first-order valence-corrected chi connectivity index (χ1v) is 6.54. The van der Waals surface area contributed by atoms with Crippen molar-refractivity contribution in [1.82, 2.24) is 5.32 Å². The maximum atomic E-state index is 12.5. The third-order valence-corrected chi connectivity index (χ3v) is 3.45. The van der Waals surface area contributed by atoms with E-state index in [1.807, 2.05) is 20.8 Å². The number of carbonyl (C=O) groups is 2. The highest BCUT2D eigenvalue weighted by Gasteiger charge is 2.40. The zero-order valence-electron chi connectivity index (χ0n) is 11.2. The molecule has 0 saturated carbocycles. The van der Waals surface area contributed by atoms with Crippen LogP contribution in [0.5, 0.6) is 0 Å². The van der Waals surface area contributed by atoms with Gasteiger partial charge in [-0.25, -0.2) is 0 Å². The zero-order valence-corrected chi connectivity index (χ0v) is 12.0. The van der Waals surface area contributed by atoms with Gasteiger partial charge in [-0.15, -0.1) is 0 Å². The van der Waals surface area contributed by atoms with Gasteiger partial charge in [-0.2, -0.15) is 0 Å². The van der Waals surface area contributed by atoms with Gasteiger partial charge in [0.25, 0.3) is 5.91 Å². The van der Waals surface area contributed by atoms with Gasteiger partial charge in [-0.1, -0.05) is 44.5 Å². The average Bonchev–Trinajstić information content (AvgIpc) is 2.31. The molecule has 1 fully saturated rings. The molecule has 1 saturated heterocycles. The van der Waals surface area contributed by atoms with Crippen LogP contribution in [-0.2, 0) is 9.59 Å². The number of amides is 2. The summed E-state index contributed by atoms with van der Waals surface area (Å²) in [5.74, 6) is -0.292. The molecule has 19 heavy (non-hydrogen) atoms. The number of benzene rings is 1. The van der Waals surface area contributed by atoms with Gasteiger partial charge in [0.1, 0.15) is 12.6 Å². The molecule has 2 amide bonds. The van der Waals surface area contributed by atoms with E-state index in [2.05, 4.69) is 5.32 Å². The predicted octanol–water partition coefficient (Wildman–Crippen LogP) is 2.22. The molecule has 4 nitrogen and oxygen atoms in total. The molecule has 1 atom stereocenters. The number of halogens is 1. The standard InChI is InChI=1S/C14H17ClN2O2/c1-14(2,3)12-13(19)17(8-11(18)16-12)10-7-5-4-6-9(10)15/h4-7,12H,8H2,1-3H3,(H,16,18). The molecular formula is C14H17ClN2O2. The highest BCUT2D eigenvalue weighted by molar-refractivity contribution is 6.34. The van der Waals surface area contributed by atoms with Crippen molar-refractivity contribution in [1.29, 1.82) is 0 Å². The molecule has 0 bridgehead atoms. The fourth-order valence-corrected chi connectivity index (χ4v) is 2.34. The maximum absolute atomic E-state index is 12.5.